The quantitative estimate of drug-likeness (QED) is 0.619. The van der Waals surface area contributed by atoms with Gasteiger partial charge in [0.15, 0.2) is 0 Å². The Bertz CT molecular complexity index is 901. The zero-order valence-corrected chi connectivity index (χ0v) is 18.3. The van der Waals surface area contributed by atoms with Gasteiger partial charge in [-0.15, -0.1) is 0 Å². The Morgan fingerprint density at radius 2 is 2.20 bits per heavy atom. The van der Waals surface area contributed by atoms with E-state index in [0.29, 0.717) is 35.8 Å². The van der Waals surface area contributed by atoms with E-state index in [2.05, 4.69) is 37.6 Å². The fourth-order valence-corrected chi connectivity index (χ4v) is 4.17. The average molecular weight is 433 g/mol. The van der Waals surface area contributed by atoms with Gasteiger partial charge in [0.1, 0.15) is 10.8 Å². The average Bonchev–Trinajstić information content (AvgIpc) is 3.42. The summed E-state index contributed by atoms with van der Waals surface area (Å²) < 4.78 is 2.04. The Morgan fingerprint density at radius 1 is 1.33 bits per heavy atom. The maximum atomic E-state index is 11.7. The van der Waals surface area contributed by atoms with Crippen LogP contribution in [-0.2, 0) is 4.79 Å². The summed E-state index contributed by atoms with van der Waals surface area (Å²) in [6.45, 7) is 6.39. The van der Waals surface area contributed by atoms with E-state index in [4.69, 9.17) is 11.6 Å². The number of carbonyl (C=O) groups is 1. The number of hydrogen-bond acceptors (Lipinski definition) is 7. The van der Waals surface area contributed by atoms with Crippen LogP contribution in [0.4, 0.5) is 17.5 Å². The molecule has 2 aliphatic heterocycles. The fraction of sp³-hybridized carbons (Fsp3) is 0.600. The standard InChI is InChI=1S/C20H29ClN8O/c1-14-17(13-29(26-14)15-6-10-27(2)12-15)24-20-23-11-16(21)19(25-20)22-7-4-9-28-8-3-5-18(28)30/h11,13,15H,3-10,12H2,1-2H3,(H2,22,23,24,25)/t15-/m1/s1. The predicted octanol–water partition coefficient (Wildman–Crippen LogP) is 2.68. The minimum Gasteiger partial charge on any atom is -0.369 e. The Balaban J connectivity index is 1.35. The van der Waals surface area contributed by atoms with E-state index < -0.39 is 0 Å². The van der Waals surface area contributed by atoms with Crippen molar-refractivity contribution in [2.45, 2.75) is 38.6 Å². The van der Waals surface area contributed by atoms with Gasteiger partial charge in [-0.2, -0.15) is 10.1 Å². The summed E-state index contributed by atoms with van der Waals surface area (Å²) in [4.78, 5) is 24.7. The first-order valence-corrected chi connectivity index (χ1v) is 10.9. The normalized spacial score (nSPS) is 19.6. The number of carbonyl (C=O) groups excluding carboxylic acids is 1. The summed E-state index contributed by atoms with van der Waals surface area (Å²) in [5.74, 6) is 1.31. The number of hydrogen-bond donors (Lipinski definition) is 2. The van der Waals surface area contributed by atoms with Crippen LogP contribution in [0.1, 0.15) is 37.4 Å². The van der Waals surface area contributed by atoms with E-state index in [1.54, 1.807) is 6.20 Å². The monoisotopic (exact) mass is 432 g/mol. The molecule has 0 unspecified atom stereocenters. The molecule has 2 fully saturated rings. The summed E-state index contributed by atoms with van der Waals surface area (Å²) in [6, 6.07) is 0.398. The van der Waals surface area contributed by atoms with Crippen molar-refractivity contribution in [1.29, 1.82) is 0 Å². The molecule has 10 heteroatoms. The molecule has 2 aromatic rings. The molecule has 0 radical (unpaired) electrons. The van der Waals surface area contributed by atoms with Crippen LogP contribution in [0, 0.1) is 6.92 Å². The molecule has 0 saturated carbocycles. The highest BCUT2D eigenvalue weighted by molar-refractivity contribution is 6.32. The lowest BCUT2D eigenvalue weighted by Gasteiger charge is -2.15. The number of amides is 1. The summed E-state index contributed by atoms with van der Waals surface area (Å²) >= 11 is 6.26. The zero-order chi connectivity index (χ0) is 21.1. The molecule has 0 aliphatic carbocycles. The van der Waals surface area contributed by atoms with Gasteiger partial charge >= 0.3 is 0 Å². The maximum Gasteiger partial charge on any atom is 0.229 e. The molecule has 4 heterocycles. The van der Waals surface area contributed by atoms with Crippen LogP contribution in [0.2, 0.25) is 5.02 Å². The van der Waals surface area contributed by atoms with Crippen molar-refractivity contribution in [2.75, 3.05) is 50.4 Å². The van der Waals surface area contributed by atoms with Gasteiger partial charge in [0.25, 0.3) is 0 Å². The Kier molecular flexibility index (Phi) is 6.38. The summed E-state index contributed by atoms with van der Waals surface area (Å²) in [5.41, 5.74) is 1.80. The Hall–Kier alpha value is -2.39. The van der Waals surface area contributed by atoms with Crippen LogP contribution in [0.3, 0.4) is 0 Å². The van der Waals surface area contributed by atoms with Crippen molar-refractivity contribution in [3.8, 4) is 0 Å². The Morgan fingerprint density at radius 3 is 2.93 bits per heavy atom. The topological polar surface area (TPSA) is 91.2 Å². The highest BCUT2D eigenvalue weighted by Crippen LogP contribution is 2.26. The molecule has 2 aromatic heterocycles. The largest absolute Gasteiger partial charge is 0.369 e. The lowest BCUT2D eigenvalue weighted by atomic mass is 10.3. The first-order chi connectivity index (χ1) is 14.5. The summed E-state index contributed by atoms with van der Waals surface area (Å²) in [5, 5.41) is 11.7. The number of anilines is 3. The number of likely N-dealkylation sites (N-methyl/N-ethyl adjacent to an activating group) is 1. The van der Waals surface area contributed by atoms with E-state index in [1.165, 1.54) is 0 Å². The highest BCUT2D eigenvalue weighted by atomic mass is 35.5. The molecule has 2 aliphatic rings. The summed E-state index contributed by atoms with van der Waals surface area (Å²) in [7, 11) is 2.13. The molecule has 1 amide bonds. The van der Waals surface area contributed by atoms with Crippen molar-refractivity contribution < 1.29 is 4.79 Å². The van der Waals surface area contributed by atoms with Gasteiger partial charge in [-0.3, -0.25) is 9.48 Å². The number of aryl methyl sites for hydroxylation is 1. The van der Waals surface area contributed by atoms with E-state index in [1.807, 2.05) is 22.7 Å². The third-order valence-electron chi connectivity index (χ3n) is 5.72. The van der Waals surface area contributed by atoms with Gasteiger partial charge in [-0.05, 0) is 39.8 Å². The second-order valence-corrected chi connectivity index (χ2v) is 8.50. The molecule has 2 saturated heterocycles. The number of nitrogens with zero attached hydrogens (tertiary/aromatic N) is 6. The summed E-state index contributed by atoms with van der Waals surface area (Å²) in [6.07, 6.45) is 7.20. The van der Waals surface area contributed by atoms with Crippen molar-refractivity contribution in [2.24, 2.45) is 0 Å². The van der Waals surface area contributed by atoms with Crippen LogP contribution < -0.4 is 10.6 Å². The molecule has 2 N–H and O–H groups in total. The fourth-order valence-electron chi connectivity index (χ4n) is 4.01. The lowest BCUT2D eigenvalue weighted by Crippen LogP contribution is -2.27. The molecule has 0 bridgehead atoms. The van der Waals surface area contributed by atoms with Gasteiger partial charge < -0.3 is 20.4 Å². The molecular weight excluding hydrogens is 404 g/mol. The number of rotatable bonds is 8. The van der Waals surface area contributed by atoms with Crippen LogP contribution in [0.5, 0.6) is 0 Å². The second-order valence-electron chi connectivity index (χ2n) is 8.09. The third-order valence-corrected chi connectivity index (χ3v) is 5.99. The van der Waals surface area contributed by atoms with Gasteiger partial charge in [0.05, 0.1) is 23.6 Å². The van der Waals surface area contributed by atoms with Crippen LogP contribution in [0.25, 0.3) is 0 Å². The van der Waals surface area contributed by atoms with E-state index in [-0.39, 0.29) is 5.91 Å². The van der Waals surface area contributed by atoms with Gasteiger partial charge in [0.2, 0.25) is 11.9 Å². The van der Waals surface area contributed by atoms with E-state index >= 15 is 0 Å². The first kappa shape index (κ1) is 20.9. The van der Waals surface area contributed by atoms with Crippen molar-refractivity contribution in [3.05, 3.63) is 23.1 Å². The maximum absolute atomic E-state index is 11.7. The molecule has 1 atom stereocenters. The minimum absolute atomic E-state index is 0.252. The first-order valence-electron chi connectivity index (χ1n) is 10.5. The molecule has 0 aromatic carbocycles. The molecule has 0 spiro atoms. The molecule has 162 valence electrons. The third kappa shape index (κ3) is 4.84. The van der Waals surface area contributed by atoms with Gasteiger partial charge in [-0.25, -0.2) is 4.98 Å². The second kappa shape index (κ2) is 9.18. The number of halogens is 1. The number of aromatic nitrogens is 4. The van der Waals surface area contributed by atoms with Crippen molar-refractivity contribution in [1.82, 2.24) is 29.5 Å². The Labute approximate surface area is 181 Å². The van der Waals surface area contributed by atoms with E-state index in [9.17, 15) is 4.79 Å². The highest BCUT2D eigenvalue weighted by Gasteiger charge is 2.23. The van der Waals surface area contributed by atoms with Crippen LogP contribution in [-0.4, -0.2) is 75.2 Å². The van der Waals surface area contributed by atoms with E-state index in [0.717, 1.165) is 56.8 Å². The van der Waals surface area contributed by atoms with Crippen LogP contribution >= 0.6 is 11.6 Å². The van der Waals surface area contributed by atoms with Gasteiger partial charge in [-0.1, -0.05) is 11.6 Å². The predicted molar refractivity (Wildman–Crippen MR) is 117 cm³/mol. The van der Waals surface area contributed by atoms with Gasteiger partial charge in [0, 0.05) is 38.8 Å². The number of nitrogens with one attached hydrogen (secondary N) is 2. The molecular formula is C20H29ClN8O. The smallest absolute Gasteiger partial charge is 0.229 e. The lowest BCUT2D eigenvalue weighted by molar-refractivity contribution is -0.127. The molecule has 4 rings (SSSR count). The minimum atomic E-state index is 0.252. The zero-order valence-electron chi connectivity index (χ0n) is 17.6. The SMILES string of the molecule is Cc1nn([C@@H]2CCN(C)C2)cc1Nc1ncc(Cl)c(NCCCN2CCCC2=O)n1. The van der Waals surface area contributed by atoms with Crippen molar-refractivity contribution >= 4 is 35.0 Å². The molecule has 30 heavy (non-hydrogen) atoms. The van der Waals surface area contributed by atoms with Crippen molar-refractivity contribution in [3.63, 3.8) is 0 Å². The molecule has 9 nitrogen and oxygen atoms in total. The number of likely N-dealkylation sites (tertiary alicyclic amines) is 2. The van der Waals surface area contributed by atoms with Crippen LogP contribution in [0.15, 0.2) is 12.4 Å².